The van der Waals surface area contributed by atoms with Gasteiger partial charge in [-0.1, -0.05) is 0 Å². The van der Waals surface area contributed by atoms with E-state index in [1.807, 2.05) is 18.2 Å². The summed E-state index contributed by atoms with van der Waals surface area (Å²) in [6.07, 6.45) is 0. The molecule has 1 aliphatic heterocycles. The van der Waals surface area contributed by atoms with Crippen LogP contribution in [0.25, 0.3) is 10.1 Å². The second kappa shape index (κ2) is 7.46. The largest absolute Gasteiger partial charge is 0.378 e. The Morgan fingerprint density at radius 1 is 1.04 bits per heavy atom. The monoisotopic (exact) mass is 384 g/mol. The van der Waals surface area contributed by atoms with Crippen LogP contribution in [0.3, 0.4) is 0 Å². The van der Waals surface area contributed by atoms with Gasteiger partial charge in [-0.15, -0.1) is 11.3 Å². The number of benzene rings is 2. The van der Waals surface area contributed by atoms with Gasteiger partial charge < -0.3 is 15.0 Å². The Bertz CT molecular complexity index is 994. The number of halogens is 1. The summed E-state index contributed by atoms with van der Waals surface area (Å²) in [7, 11) is 0. The van der Waals surface area contributed by atoms with Crippen molar-refractivity contribution in [2.75, 3.05) is 31.6 Å². The van der Waals surface area contributed by atoms with E-state index in [4.69, 9.17) is 4.74 Å². The summed E-state index contributed by atoms with van der Waals surface area (Å²) in [4.78, 5) is 27.4. The molecule has 2 amide bonds. The summed E-state index contributed by atoms with van der Waals surface area (Å²) in [6, 6.07) is 12.7. The van der Waals surface area contributed by atoms with Crippen molar-refractivity contribution in [2.45, 2.75) is 0 Å². The number of morpholine rings is 1. The van der Waals surface area contributed by atoms with E-state index in [9.17, 15) is 14.0 Å². The van der Waals surface area contributed by atoms with Gasteiger partial charge in [0.25, 0.3) is 11.8 Å². The molecule has 0 aliphatic carbocycles. The number of hydrogen-bond acceptors (Lipinski definition) is 4. The minimum Gasteiger partial charge on any atom is -0.378 e. The van der Waals surface area contributed by atoms with E-state index in [0.717, 1.165) is 10.1 Å². The first-order valence-corrected chi connectivity index (χ1v) is 9.39. The molecular weight excluding hydrogens is 367 g/mol. The van der Waals surface area contributed by atoms with Crippen LogP contribution in [0.4, 0.5) is 10.1 Å². The molecule has 138 valence electrons. The fourth-order valence-electron chi connectivity index (χ4n) is 2.95. The molecule has 0 bridgehead atoms. The summed E-state index contributed by atoms with van der Waals surface area (Å²) in [6.45, 7) is 2.34. The molecule has 1 fully saturated rings. The zero-order chi connectivity index (χ0) is 18.8. The van der Waals surface area contributed by atoms with Crippen LogP contribution >= 0.6 is 11.3 Å². The average Bonchev–Trinajstić information content (AvgIpc) is 3.12. The van der Waals surface area contributed by atoms with E-state index in [0.29, 0.717) is 42.4 Å². The van der Waals surface area contributed by atoms with Gasteiger partial charge in [0, 0.05) is 29.0 Å². The lowest BCUT2D eigenvalue weighted by Crippen LogP contribution is -2.40. The number of thiophene rings is 1. The molecule has 27 heavy (non-hydrogen) atoms. The van der Waals surface area contributed by atoms with Crippen molar-refractivity contribution in [3.05, 3.63) is 64.8 Å². The van der Waals surface area contributed by atoms with Crippen LogP contribution in [-0.2, 0) is 4.74 Å². The van der Waals surface area contributed by atoms with Gasteiger partial charge in [-0.3, -0.25) is 9.59 Å². The highest BCUT2D eigenvalue weighted by atomic mass is 32.1. The third-order valence-electron chi connectivity index (χ3n) is 4.39. The number of nitrogens with zero attached hydrogens (tertiary/aromatic N) is 1. The minimum atomic E-state index is -0.385. The Morgan fingerprint density at radius 2 is 1.78 bits per heavy atom. The van der Waals surface area contributed by atoms with Crippen molar-refractivity contribution in [1.82, 2.24) is 4.90 Å². The molecule has 5 nitrogen and oxygen atoms in total. The maximum Gasteiger partial charge on any atom is 0.264 e. The highest BCUT2D eigenvalue weighted by Crippen LogP contribution is 2.29. The van der Waals surface area contributed by atoms with Crippen LogP contribution < -0.4 is 5.32 Å². The van der Waals surface area contributed by atoms with Crippen molar-refractivity contribution in [3.63, 3.8) is 0 Å². The fourth-order valence-corrected chi connectivity index (χ4v) is 3.96. The zero-order valence-corrected chi connectivity index (χ0v) is 15.2. The molecule has 0 saturated carbocycles. The molecule has 3 aromatic rings. The summed E-state index contributed by atoms with van der Waals surface area (Å²) < 4.78 is 19.3. The first-order valence-electron chi connectivity index (χ1n) is 8.58. The molecular formula is C20H17FN2O3S. The van der Waals surface area contributed by atoms with Crippen molar-refractivity contribution < 1.29 is 18.7 Å². The molecule has 0 atom stereocenters. The summed E-state index contributed by atoms with van der Waals surface area (Å²) in [5, 5.41) is 3.70. The van der Waals surface area contributed by atoms with Gasteiger partial charge in [0.15, 0.2) is 0 Å². The van der Waals surface area contributed by atoms with Crippen molar-refractivity contribution in [3.8, 4) is 0 Å². The molecule has 4 rings (SSSR count). The highest BCUT2D eigenvalue weighted by molar-refractivity contribution is 7.20. The third kappa shape index (κ3) is 3.84. The van der Waals surface area contributed by atoms with Crippen LogP contribution in [-0.4, -0.2) is 43.0 Å². The smallest absolute Gasteiger partial charge is 0.264 e. The number of carbonyl (C=O) groups excluding carboxylic acids is 2. The van der Waals surface area contributed by atoms with Gasteiger partial charge in [0.05, 0.1) is 18.1 Å². The number of fused-ring (bicyclic) bond motifs is 1. The number of rotatable bonds is 3. The van der Waals surface area contributed by atoms with E-state index in [-0.39, 0.29) is 17.6 Å². The molecule has 1 saturated heterocycles. The molecule has 0 unspecified atom stereocenters. The number of anilines is 1. The van der Waals surface area contributed by atoms with Crippen molar-refractivity contribution in [2.24, 2.45) is 0 Å². The summed E-state index contributed by atoms with van der Waals surface area (Å²) in [5.41, 5.74) is 1.00. The standard InChI is InChI=1S/C20H17FN2O3S/c21-15-3-1-13(2-4-15)19(24)22-16-5-6-17-14(11-16)12-18(27-17)20(25)23-7-9-26-10-8-23/h1-6,11-12H,7-10H2,(H,22,24). The number of ether oxygens (including phenoxy) is 1. The van der Waals surface area contributed by atoms with Gasteiger partial charge in [-0.05, 0) is 53.9 Å². The van der Waals surface area contributed by atoms with Crippen molar-refractivity contribution >= 4 is 38.9 Å². The van der Waals surface area contributed by atoms with Crippen molar-refractivity contribution in [1.29, 1.82) is 0 Å². The Hall–Kier alpha value is -2.77. The van der Waals surface area contributed by atoms with E-state index < -0.39 is 0 Å². The Morgan fingerprint density at radius 3 is 2.52 bits per heavy atom. The second-order valence-corrected chi connectivity index (χ2v) is 7.31. The number of nitrogens with one attached hydrogen (secondary N) is 1. The SMILES string of the molecule is O=C(Nc1ccc2sc(C(=O)N3CCOCC3)cc2c1)c1ccc(F)cc1. The maximum absolute atomic E-state index is 13.0. The molecule has 2 heterocycles. The number of carbonyl (C=O) groups is 2. The van der Waals surface area contributed by atoms with E-state index in [2.05, 4.69) is 5.32 Å². The molecule has 1 N–H and O–H groups in total. The predicted octanol–water partition coefficient (Wildman–Crippen LogP) is 3.77. The predicted molar refractivity (Wildman–Crippen MR) is 103 cm³/mol. The zero-order valence-electron chi connectivity index (χ0n) is 14.4. The third-order valence-corrected chi connectivity index (χ3v) is 5.49. The van der Waals surface area contributed by atoms with Gasteiger partial charge in [-0.25, -0.2) is 4.39 Å². The topological polar surface area (TPSA) is 58.6 Å². The number of amides is 2. The van der Waals surface area contributed by atoms with E-state index >= 15 is 0 Å². The lowest BCUT2D eigenvalue weighted by atomic mass is 10.2. The molecule has 1 aliphatic rings. The summed E-state index contributed by atoms with van der Waals surface area (Å²) in [5.74, 6) is -0.686. The normalized spacial score (nSPS) is 14.3. The molecule has 0 spiro atoms. The van der Waals surface area contributed by atoms with Gasteiger partial charge in [0.1, 0.15) is 5.82 Å². The lowest BCUT2D eigenvalue weighted by molar-refractivity contribution is 0.0306. The Labute approximate surface area is 159 Å². The lowest BCUT2D eigenvalue weighted by Gasteiger charge is -2.26. The maximum atomic E-state index is 13.0. The highest BCUT2D eigenvalue weighted by Gasteiger charge is 2.20. The van der Waals surface area contributed by atoms with Gasteiger partial charge in [-0.2, -0.15) is 0 Å². The minimum absolute atomic E-state index is 0.0106. The Kier molecular flexibility index (Phi) is 4.87. The van der Waals surface area contributed by atoms with Crippen LogP contribution in [0.15, 0.2) is 48.5 Å². The number of hydrogen-bond donors (Lipinski definition) is 1. The second-order valence-electron chi connectivity index (χ2n) is 6.23. The quantitative estimate of drug-likeness (QED) is 0.748. The Balaban J connectivity index is 1.52. The fraction of sp³-hybridized carbons (Fsp3) is 0.200. The molecule has 2 aromatic carbocycles. The summed E-state index contributed by atoms with van der Waals surface area (Å²) >= 11 is 1.44. The van der Waals surface area contributed by atoms with Crippen LogP contribution in [0.5, 0.6) is 0 Å². The molecule has 1 aromatic heterocycles. The van der Waals surface area contributed by atoms with Crippen LogP contribution in [0.2, 0.25) is 0 Å². The van der Waals surface area contributed by atoms with Crippen LogP contribution in [0, 0.1) is 5.82 Å². The first-order chi connectivity index (χ1) is 13.1. The molecule has 0 radical (unpaired) electrons. The molecule has 7 heteroatoms. The average molecular weight is 384 g/mol. The van der Waals surface area contributed by atoms with Gasteiger partial charge in [0.2, 0.25) is 0 Å². The van der Waals surface area contributed by atoms with E-state index in [1.165, 1.54) is 35.6 Å². The first kappa shape index (κ1) is 17.6. The van der Waals surface area contributed by atoms with Crippen LogP contribution in [0.1, 0.15) is 20.0 Å². The van der Waals surface area contributed by atoms with Gasteiger partial charge >= 0.3 is 0 Å². The van der Waals surface area contributed by atoms with E-state index in [1.54, 1.807) is 11.0 Å².